The van der Waals surface area contributed by atoms with Crippen LogP contribution < -0.4 is 0 Å². The van der Waals surface area contributed by atoms with Crippen LogP contribution in [0.2, 0.25) is 0 Å². The molecule has 2 aliphatic carbocycles. The van der Waals surface area contributed by atoms with E-state index in [2.05, 4.69) is 6.58 Å². The molecule has 2 rings (SSSR count). The van der Waals surface area contributed by atoms with E-state index in [-0.39, 0.29) is 24.5 Å². The number of carbonyl (C=O) groups is 2. The van der Waals surface area contributed by atoms with Gasteiger partial charge in [-0.05, 0) is 32.1 Å². The van der Waals surface area contributed by atoms with Crippen LogP contribution in [0, 0.1) is 17.8 Å². The van der Waals surface area contributed by atoms with Gasteiger partial charge in [-0.3, -0.25) is 9.35 Å². The Balaban J connectivity index is 1.89. The summed E-state index contributed by atoms with van der Waals surface area (Å²) in [6.07, 6.45) is 1.88. The predicted octanol–water partition coefficient (Wildman–Crippen LogP) is 0.951. The van der Waals surface area contributed by atoms with Crippen molar-refractivity contribution in [2.24, 2.45) is 17.8 Å². The highest BCUT2D eigenvalue weighted by atomic mass is 32.2. The van der Waals surface area contributed by atoms with Crippen molar-refractivity contribution in [2.45, 2.75) is 32.3 Å². The Bertz CT molecular complexity index is 580. The lowest BCUT2D eigenvalue weighted by Crippen LogP contribution is -2.35. The van der Waals surface area contributed by atoms with E-state index >= 15 is 0 Å². The molecular formula is C14H20O7S. The molecule has 0 heterocycles. The molecule has 8 heteroatoms. The maximum Gasteiger partial charge on any atom is 0.333 e. The van der Waals surface area contributed by atoms with Gasteiger partial charge in [0, 0.05) is 11.5 Å². The summed E-state index contributed by atoms with van der Waals surface area (Å²) in [5, 5.41) is 0. The number of carbonyl (C=O) groups excluding carboxylic acids is 2. The Hall–Kier alpha value is -1.41. The van der Waals surface area contributed by atoms with E-state index in [0.29, 0.717) is 17.9 Å². The lowest BCUT2D eigenvalue weighted by molar-refractivity contribution is -0.157. The van der Waals surface area contributed by atoms with Gasteiger partial charge >= 0.3 is 11.9 Å². The van der Waals surface area contributed by atoms with Crippen LogP contribution in [-0.4, -0.2) is 43.4 Å². The Kier molecular flexibility index (Phi) is 4.91. The van der Waals surface area contributed by atoms with Gasteiger partial charge in [-0.1, -0.05) is 6.58 Å². The van der Waals surface area contributed by atoms with E-state index in [1.54, 1.807) is 6.92 Å². The van der Waals surface area contributed by atoms with Crippen LogP contribution in [0.1, 0.15) is 26.2 Å². The summed E-state index contributed by atoms with van der Waals surface area (Å²) in [5.41, 5.74) is 0.315. The van der Waals surface area contributed by atoms with Gasteiger partial charge in [0.05, 0.1) is 5.92 Å². The minimum Gasteiger partial charge on any atom is -0.464 e. The number of esters is 2. The number of fused-ring (bicyclic) bond motifs is 2. The van der Waals surface area contributed by atoms with Gasteiger partial charge in [-0.15, -0.1) is 0 Å². The van der Waals surface area contributed by atoms with Gasteiger partial charge in [0.25, 0.3) is 10.1 Å². The molecule has 0 radical (unpaired) electrons. The molecule has 2 bridgehead atoms. The first kappa shape index (κ1) is 17.0. The molecule has 0 amide bonds. The van der Waals surface area contributed by atoms with Gasteiger partial charge < -0.3 is 9.47 Å². The Labute approximate surface area is 129 Å². The molecule has 4 atom stereocenters. The zero-order chi connectivity index (χ0) is 16.5. The molecule has 22 heavy (non-hydrogen) atoms. The van der Waals surface area contributed by atoms with Crippen molar-refractivity contribution >= 4 is 22.1 Å². The maximum absolute atomic E-state index is 12.0. The molecule has 0 saturated heterocycles. The minimum absolute atomic E-state index is 0.0912. The van der Waals surface area contributed by atoms with Crippen LogP contribution in [-0.2, 0) is 29.2 Å². The van der Waals surface area contributed by atoms with Crippen LogP contribution in [0.5, 0.6) is 0 Å². The third-order valence-corrected chi connectivity index (χ3v) is 4.93. The molecule has 1 N–H and O–H groups in total. The highest BCUT2D eigenvalue weighted by molar-refractivity contribution is 7.85. The first-order chi connectivity index (χ1) is 10.2. The fraction of sp³-hybridized carbons (Fsp3) is 0.714. The number of rotatable bonds is 6. The van der Waals surface area contributed by atoms with E-state index in [1.807, 2.05) is 0 Å². The lowest BCUT2D eigenvalue weighted by Gasteiger charge is -2.27. The topological polar surface area (TPSA) is 107 Å². The molecular weight excluding hydrogens is 312 g/mol. The quantitative estimate of drug-likeness (QED) is 0.438. The molecule has 2 saturated carbocycles. The maximum atomic E-state index is 12.0. The van der Waals surface area contributed by atoms with E-state index in [9.17, 15) is 18.0 Å². The minimum atomic E-state index is -4.15. The second-order valence-electron chi connectivity index (χ2n) is 6.02. The average Bonchev–Trinajstić information content (AvgIpc) is 2.96. The van der Waals surface area contributed by atoms with E-state index in [1.165, 1.54) is 0 Å². The third-order valence-electron chi connectivity index (χ3n) is 4.25. The summed E-state index contributed by atoms with van der Waals surface area (Å²) < 4.78 is 40.1. The summed E-state index contributed by atoms with van der Waals surface area (Å²) in [7, 11) is -4.15. The van der Waals surface area contributed by atoms with Gasteiger partial charge in [-0.2, -0.15) is 8.42 Å². The van der Waals surface area contributed by atoms with Gasteiger partial charge in [-0.25, -0.2) is 4.79 Å². The predicted molar refractivity (Wildman–Crippen MR) is 76.4 cm³/mol. The van der Waals surface area contributed by atoms with Crippen molar-refractivity contribution in [3.8, 4) is 0 Å². The SMILES string of the molecule is C=C(C)C(=O)OC1CC2CC(C(=O)OCCS(=O)(=O)O)C1C2. The Morgan fingerprint density at radius 3 is 2.50 bits per heavy atom. The molecule has 0 aromatic heterocycles. The summed E-state index contributed by atoms with van der Waals surface area (Å²) in [4.78, 5) is 23.6. The molecule has 0 aromatic carbocycles. The fourth-order valence-corrected chi connectivity index (χ4v) is 3.58. The lowest BCUT2D eigenvalue weighted by atomic mass is 9.86. The number of hydrogen-bond donors (Lipinski definition) is 1. The zero-order valence-corrected chi connectivity index (χ0v) is 13.2. The highest BCUT2D eigenvalue weighted by Gasteiger charge is 2.51. The molecule has 4 unspecified atom stereocenters. The Morgan fingerprint density at radius 1 is 1.27 bits per heavy atom. The van der Waals surface area contributed by atoms with Crippen molar-refractivity contribution in [1.82, 2.24) is 0 Å². The van der Waals surface area contributed by atoms with E-state index in [4.69, 9.17) is 14.0 Å². The second-order valence-corrected chi connectivity index (χ2v) is 7.59. The smallest absolute Gasteiger partial charge is 0.333 e. The van der Waals surface area contributed by atoms with Gasteiger partial charge in [0.15, 0.2) is 0 Å². The Morgan fingerprint density at radius 2 is 1.95 bits per heavy atom. The summed E-state index contributed by atoms with van der Waals surface area (Å²) >= 11 is 0. The zero-order valence-electron chi connectivity index (χ0n) is 12.4. The highest BCUT2D eigenvalue weighted by Crippen LogP contribution is 2.50. The first-order valence-electron chi connectivity index (χ1n) is 7.15. The third kappa shape index (κ3) is 4.07. The molecule has 0 aliphatic heterocycles. The molecule has 124 valence electrons. The van der Waals surface area contributed by atoms with Crippen molar-refractivity contribution in [1.29, 1.82) is 0 Å². The van der Waals surface area contributed by atoms with Crippen molar-refractivity contribution < 1.29 is 32.0 Å². The van der Waals surface area contributed by atoms with Crippen LogP contribution in [0.3, 0.4) is 0 Å². The summed E-state index contributed by atoms with van der Waals surface area (Å²) in [5.74, 6) is -1.74. The monoisotopic (exact) mass is 332 g/mol. The largest absolute Gasteiger partial charge is 0.464 e. The summed E-state index contributed by atoms with van der Waals surface area (Å²) in [6.45, 7) is 4.72. The molecule has 7 nitrogen and oxygen atoms in total. The fourth-order valence-electron chi connectivity index (χ4n) is 3.29. The standard InChI is InChI=1S/C14H20O7S/c1-8(2)13(15)21-12-7-9-5-10(12)11(6-9)14(16)20-3-4-22(17,18)19/h9-12H,1,3-7H2,2H3,(H,17,18,19). The van der Waals surface area contributed by atoms with Crippen LogP contribution in [0.25, 0.3) is 0 Å². The van der Waals surface area contributed by atoms with Crippen LogP contribution in [0.4, 0.5) is 0 Å². The van der Waals surface area contributed by atoms with Gasteiger partial charge in [0.2, 0.25) is 0 Å². The molecule has 0 spiro atoms. The molecule has 2 fully saturated rings. The first-order valence-corrected chi connectivity index (χ1v) is 8.76. The summed E-state index contributed by atoms with van der Waals surface area (Å²) in [6, 6.07) is 0. The van der Waals surface area contributed by atoms with E-state index in [0.717, 1.165) is 12.8 Å². The average molecular weight is 332 g/mol. The van der Waals surface area contributed by atoms with Crippen molar-refractivity contribution in [2.75, 3.05) is 12.4 Å². The molecule has 0 aromatic rings. The van der Waals surface area contributed by atoms with E-state index < -0.39 is 27.8 Å². The van der Waals surface area contributed by atoms with Gasteiger partial charge in [0.1, 0.15) is 18.5 Å². The normalized spacial score (nSPS) is 30.1. The van der Waals surface area contributed by atoms with Crippen LogP contribution in [0.15, 0.2) is 12.2 Å². The number of hydrogen-bond acceptors (Lipinski definition) is 6. The number of ether oxygens (including phenoxy) is 2. The van der Waals surface area contributed by atoms with Crippen molar-refractivity contribution in [3.63, 3.8) is 0 Å². The molecule has 2 aliphatic rings. The van der Waals surface area contributed by atoms with Crippen molar-refractivity contribution in [3.05, 3.63) is 12.2 Å². The van der Waals surface area contributed by atoms with Crippen LogP contribution >= 0.6 is 0 Å². The second kappa shape index (κ2) is 6.37.